The van der Waals surface area contributed by atoms with Gasteiger partial charge in [0.1, 0.15) is 0 Å². The molecule has 53 heavy (non-hydrogen) atoms. The fourth-order valence-electron chi connectivity index (χ4n) is 8.35. The third-order valence-electron chi connectivity index (χ3n) is 11.2. The zero-order valence-corrected chi connectivity index (χ0v) is 29.9. The Kier molecular flexibility index (Phi) is 7.19. The Hall–Kier alpha value is -6.64. The van der Waals surface area contributed by atoms with Gasteiger partial charge in [-0.15, -0.1) is 0 Å². The van der Waals surface area contributed by atoms with Crippen molar-refractivity contribution in [3.63, 3.8) is 0 Å². The van der Waals surface area contributed by atoms with Crippen molar-refractivity contribution in [3.05, 3.63) is 205 Å². The monoisotopic (exact) mass is 678 g/mol. The van der Waals surface area contributed by atoms with E-state index in [2.05, 4.69) is 217 Å². The summed E-state index contributed by atoms with van der Waals surface area (Å²) in [5.74, 6) is 0. The van der Waals surface area contributed by atoms with Gasteiger partial charge in [0.15, 0.2) is 0 Å². The van der Waals surface area contributed by atoms with Gasteiger partial charge in [-0.1, -0.05) is 147 Å². The van der Waals surface area contributed by atoms with Crippen LogP contribution in [-0.4, -0.2) is 9.13 Å². The summed E-state index contributed by atoms with van der Waals surface area (Å²) in [6.07, 6.45) is 0. The lowest BCUT2D eigenvalue weighted by atomic mass is 9.78. The van der Waals surface area contributed by atoms with Crippen LogP contribution in [0.4, 0.5) is 0 Å². The third kappa shape index (κ3) is 5.10. The highest BCUT2D eigenvalue weighted by atomic mass is 15.0. The highest BCUT2D eigenvalue weighted by molar-refractivity contribution is 6.12. The van der Waals surface area contributed by atoms with Gasteiger partial charge in [0.05, 0.1) is 22.1 Å². The highest BCUT2D eigenvalue weighted by Crippen LogP contribution is 2.39. The molecule has 0 fully saturated rings. The van der Waals surface area contributed by atoms with Gasteiger partial charge < -0.3 is 9.13 Å². The highest BCUT2D eigenvalue weighted by Gasteiger charge is 2.24. The zero-order chi connectivity index (χ0) is 35.5. The van der Waals surface area contributed by atoms with Crippen molar-refractivity contribution < 1.29 is 0 Å². The van der Waals surface area contributed by atoms with E-state index in [0.717, 1.165) is 5.69 Å². The van der Waals surface area contributed by atoms with Gasteiger partial charge in [-0.05, 0) is 94.0 Å². The SMILES string of the molecule is CC(C)(c1ccccc1)c1cccc(-n2c3ccccc3c3cc(-c4ccc5c(c4)c4ccccc4n5-c4ccc(-c5ccccc5)cc4)ccc32)c1. The lowest BCUT2D eigenvalue weighted by Crippen LogP contribution is -2.19. The number of hydrogen-bond donors (Lipinski definition) is 0. The molecule has 0 unspecified atom stereocenters. The third-order valence-corrected chi connectivity index (χ3v) is 11.2. The lowest BCUT2D eigenvalue weighted by molar-refractivity contribution is 0.640. The van der Waals surface area contributed by atoms with Gasteiger partial charge in [0.25, 0.3) is 0 Å². The number of nitrogens with zero attached hydrogens (tertiary/aromatic N) is 2. The molecule has 2 nitrogen and oxygen atoms in total. The second-order valence-electron chi connectivity index (χ2n) is 14.6. The summed E-state index contributed by atoms with van der Waals surface area (Å²) in [5.41, 5.74) is 14.5. The first-order valence-electron chi connectivity index (χ1n) is 18.4. The Morgan fingerprint density at radius 3 is 1.36 bits per heavy atom. The molecule has 0 saturated heterocycles. The van der Waals surface area contributed by atoms with E-state index in [1.165, 1.54) is 82.7 Å². The van der Waals surface area contributed by atoms with Gasteiger partial charge in [0.2, 0.25) is 0 Å². The molecule has 2 heterocycles. The molecule has 0 spiro atoms. The maximum absolute atomic E-state index is 2.43. The van der Waals surface area contributed by atoms with Crippen LogP contribution in [0.15, 0.2) is 194 Å². The van der Waals surface area contributed by atoms with Crippen LogP contribution in [-0.2, 0) is 5.41 Å². The van der Waals surface area contributed by atoms with E-state index in [1.54, 1.807) is 0 Å². The lowest BCUT2D eigenvalue weighted by Gasteiger charge is -2.27. The molecular formula is C51H38N2. The van der Waals surface area contributed by atoms with Crippen LogP contribution in [0.25, 0.3) is 77.2 Å². The molecule has 0 amide bonds. The van der Waals surface area contributed by atoms with Gasteiger partial charge in [-0.25, -0.2) is 0 Å². The van der Waals surface area contributed by atoms with E-state index in [-0.39, 0.29) is 5.41 Å². The summed E-state index contributed by atoms with van der Waals surface area (Å²) in [7, 11) is 0. The van der Waals surface area contributed by atoms with Crippen LogP contribution < -0.4 is 0 Å². The normalized spacial score (nSPS) is 12.0. The van der Waals surface area contributed by atoms with Crippen LogP contribution in [0.1, 0.15) is 25.0 Å². The molecule has 0 radical (unpaired) electrons. The standard InChI is InChI=1S/C51H38N2/c1-51(2,39-16-7-4-8-17-39)40-18-13-19-42(34-40)53-48-23-12-10-21-44(48)46-33-38(27-31-50(46)53)37-26-30-49-45(32-37)43-20-9-11-22-47(43)52(49)41-28-24-36(25-29-41)35-14-5-3-6-15-35/h3-34H,1-2H3. The predicted molar refractivity (Wildman–Crippen MR) is 225 cm³/mol. The van der Waals surface area contributed by atoms with Crippen LogP contribution in [0.3, 0.4) is 0 Å². The Morgan fingerprint density at radius 1 is 0.302 bits per heavy atom. The van der Waals surface area contributed by atoms with E-state index in [1.807, 2.05) is 0 Å². The maximum Gasteiger partial charge on any atom is 0.0541 e. The van der Waals surface area contributed by atoms with Crippen LogP contribution >= 0.6 is 0 Å². The van der Waals surface area contributed by atoms with E-state index in [0.29, 0.717) is 0 Å². The van der Waals surface area contributed by atoms with Crippen LogP contribution in [0.5, 0.6) is 0 Å². The molecule has 2 heteroatoms. The van der Waals surface area contributed by atoms with Crippen molar-refractivity contribution >= 4 is 43.6 Å². The number of para-hydroxylation sites is 2. The molecule has 2 aromatic heterocycles. The Labute approximate surface area is 309 Å². The van der Waals surface area contributed by atoms with Gasteiger partial charge in [-0.3, -0.25) is 0 Å². The summed E-state index contributed by atoms with van der Waals surface area (Å²) in [6.45, 7) is 4.63. The fourth-order valence-corrected chi connectivity index (χ4v) is 8.35. The molecule has 252 valence electrons. The van der Waals surface area contributed by atoms with Crippen LogP contribution in [0, 0.1) is 0 Å². The van der Waals surface area contributed by atoms with Crippen molar-refractivity contribution in [2.75, 3.05) is 0 Å². The molecule has 10 aromatic rings. The van der Waals surface area contributed by atoms with Crippen molar-refractivity contribution in [1.29, 1.82) is 0 Å². The molecule has 0 atom stereocenters. The first-order chi connectivity index (χ1) is 26.0. The Bertz CT molecular complexity index is 2940. The van der Waals surface area contributed by atoms with Gasteiger partial charge in [0, 0.05) is 38.3 Å². The summed E-state index contributed by atoms with van der Waals surface area (Å²) < 4.78 is 4.83. The first-order valence-corrected chi connectivity index (χ1v) is 18.4. The van der Waals surface area contributed by atoms with Gasteiger partial charge in [-0.2, -0.15) is 0 Å². The minimum absolute atomic E-state index is 0.128. The summed E-state index contributed by atoms with van der Waals surface area (Å²) in [4.78, 5) is 0. The minimum Gasteiger partial charge on any atom is -0.309 e. The average Bonchev–Trinajstić information content (AvgIpc) is 3.74. The number of fused-ring (bicyclic) bond motifs is 6. The van der Waals surface area contributed by atoms with E-state index < -0.39 is 0 Å². The molecule has 0 aliphatic rings. The van der Waals surface area contributed by atoms with Crippen molar-refractivity contribution in [3.8, 4) is 33.6 Å². The van der Waals surface area contributed by atoms with Gasteiger partial charge >= 0.3 is 0 Å². The molecule has 0 bridgehead atoms. The van der Waals surface area contributed by atoms with Crippen LogP contribution in [0.2, 0.25) is 0 Å². The molecular weight excluding hydrogens is 641 g/mol. The Balaban J connectivity index is 1.09. The molecule has 0 N–H and O–H groups in total. The largest absolute Gasteiger partial charge is 0.309 e. The number of aromatic nitrogens is 2. The minimum atomic E-state index is -0.128. The number of hydrogen-bond acceptors (Lipinski definition) is 0. The number of benzene rings is 8. The molecule has 8 aromatic carbocycles. The Morgan fingerprint density at radius 2 is 0.755 bits per heavy atom. The maximum atomic E-state index is 2.43. The zero-order valence-electron chi connectivity index (χ0n) is 29.9. The summed E-state index contributed by atoms with van der Waals surface area (Å²) in [5, 5.41) is 5.03. The quantitative estimate of drug-likeness (QED) is 0.166. The van der Waals surface area contributed by atoms with E-state index in [4.69, 9.17) is 0 Å². The predicted octanol–water partition coefficient (Wildman–Crippen LogP) is 13.5. The van der Waals surface area contributed by atoms with Crippen molar-refractivity contribution in [2.24, 2.45) is 0 Å². The second-order valence-corrected chi connectivity index (χ2v) is 14.6. The van der Waals surface area contributed by atoms with Crippen molar-refractivity contribution in [2.45, 2.75) is 19.3 Å². The smallest absolute Gasteiger partial charge is 0.0541 e. The van der Waals surface area contributed by atoms with Crippen molar-refractivity contribution in [1.82, 2.24) is 9.13 Å². The molecule has 0 saturated carbocycles. The second kappa shape index (κ2) is 12.3. The summed E-state index contributed by atoms with van der Waals surface area (Å²) in [6, 6.07) is 70.9. The fraction of sp³-hybridized carbons (Fsp3) is 0.0588. The molecule has 0 aliphatic carbocycles. The topological polar surface area (TPSA) is 9.86 Å². The number of rotatable bonds is 6. The van der Waals surface area contributed by atoms with E-state index in [9.17, 15) is 0 Å². The molecule has 0 aliphatic heterocycles. The molecule has 10 rings (SSSR count). The van der Waals surface area contributed by atoms with E-state index >= 15 is 0 Å². The summed E-state index contributed by atoms with van der Waals surface area (Å²) >= 11 is 0. The average molecular weight is 679 g/mol. The first kappa shape index (κ1) is 31.1.